The first kappa shape index (κ1) is 10.9. The Bertz CT molecular complexity index is 416. The van der Waals surface area contributed by atoms with Crippen LogP contribution in [0.4, 0.5) is 0 Å². The lowest BCUT2D eigenvalue weighted by Gasteiger charge is -2.12. The molecule has 15 heavy (non-hydrogen) atoms. The van der Waals surface area contributed by atoms with Crippen molar-refractivity contribution < 1.29 is 13.2 Å². The van der Waals surface area contributed by atoms with Gasteiger partial charge in [0.2, 0.25) is 0 Å². The van der Waals surface area contributed by atoms with Gasteiger partial charge in [-0.2, -0.15) is 16.9 Å². The van der Waals surface area contributed by atoms with Crippen molar-refractivity contribution in [1.29, 1.82) is 0 Å². The summed E-state index contributed by atoms with van der Waals surface area (Å²) >= 11 is 1.70. The molecule has 1 fully saturated rings. The number of thioether (sulfide) groups is 1. The second kappa shape index (κ2) is 3.79. The molecule has 7 heteroatoms. The Kier molecular flexibility index (Phi) is 2.76. The molecule has 1 amide bonds. The minimum atomic E-state index is -3.03. The molecule has 2 heterocycles. The van der Waals surface area contributed by atoms with Crippen LogP contribution in [0.15, 0.2) is 5.10 Å². The summed E-state index contributed by atoms with van der Waals surface area (Å²) in [7, 11) is -3.03. The molecule has 2 aliphatic rings. The van der Waals surface area contributed by atoms with Gasteiger partial charge in [0, 0.05) is 17.8 Å². The Hall–Kier alpha value is -0.560. The molecule has 0 spiro atoms. The molecule has 1 atom stereocenters. The molecular weight excluding hydrogens is 236 g/mol. The van der Waals surface area contributed by atoms with Gasteiger partial charge < -0.3 is 0 Å². The van der Waals surface area contributed by atoms with E-state index in [9.17, 15) is 13.2 Å². The minimum absolute atomic E-state index is 0.0185. The number of hydrogen-bond donors (Lipinski definition) is 0. The fraction of sp³-hybridized carbons (Fsp3) is 0.750. The lowest BCUT2D eigenvalue weighted by molar-refractivity contribution is -0.130. The van der Waals surface area contributed by atoms with E-state index in [4.69, 9.17) is 0 Å². The summed E-state index contributed by atoms with van der Waals surface area (Å²) in [4.78, 5) is 11.7. The largest absolute Gasteiger partial charge is 0.272 e. The topological polar surface area (TPSA) is 66.8 Å². The van der Waals surface area contributed by atoms with E-state index >= 15 is 0 Å². The van der Waals surface area contributed by atoms with E-state index in [2.05, 4.69) is 5.10 Å². The average molecular weight is 248 g/mol. The molecule has 84 valence electrons. The molecule has 2 aliphatic heterocycles. The summed E-state index contributed by atoms with van der Waals surface area (Å²) in [5.41, 5.74) is 0.901. The first-order chi connectivity index (χ1) is 6.97. The Labute approximate surface area is 92.8 Å². The maximum atomic E-state index is 11.7. The third kappa shape index (κ3) is 2.34. The number of carbonyl (C=O) groups excluding carboxylic acids is 1. The lowest BCUT2D eigenvalue weighted by atomic mass is 10.1. The monoisotopic (exact) mass is 248 g/mol. The summed E-state index contributed by atoms with van der Waals surface area (Å²) < 4.78 is 21.9. The van der Waals surface area contributed by atoms with Gasteiger partial charge in [-0.1, -0.05) is 0 Å². The SMILES string of the molecule is CS(=O)(=O)CCN1N=C2CSCC2C1=O. The van der Waals surface area contributed by atoms with Crippen LogP contribution in [0.25, 0.3) is 0 Å². The third-order valence-electron chi connectivity index (χ3n) is 2.41. The average Bonchev–Trinajstić information content (AvgIpc) is 2.65. The number of nitrogens with zero attached hydrogens (tertiary/aromatic N) is 2. The number of rotatable bonds is 3. The normalized spacial score (nSPS) is 25.7. The molecule has 0 aliphatic carbocycles. The van der Waals surface area contributed by atoms with Crippen molar-refractivity contribution in [2.45, 2.75) is 0 Å². The summed E-state index contributed by atoms with van der Waals surface area (Å²) in [5.74, 6) is 1.43. The smallest absolute Gasteiger partial charge is 0.252 e. The zero-order valence-corrected chi connectivity index (χ0v) is 9.97. The van der Waals surface area contributed by atoms with Crippen LogP contribution in [-0.4, -0.2) is 55.1 Å². The highest BCUT2D eigenvalue weighted by molar-refractivity contribution is 8.00. The van der Waals surface area contributed by atoms with E-state index in [0.29, 0.717) is 0 Å². The molecule has 0 bridgehead atoms. The first-order valence-electron chi connectivity index (χ1n) is 4.61. The van der Waals surface area contributed by atoms with Gasteiger partial charge >= 0.3 is 0 Å². The molecule has 0 aromatic heterocycles. The number of fused-ring (bicyclic) bond motifs is 1. The summed E-state index contributed by atoms with van der Waals surface area (Å²) in [6.45, 7) is 0.183. The van der Waals surface area contributed by atoms with Crippen LogP contribution in [0.1, 0.15) is 0 Å². The van der Waals surface area contributed by atoms with Gasteiger partial charge in [-0.05, 0) is 0 Å². The molecule has 0 aromatic carbocycles. The number of hydrogen-bond acceptors (Lipinski definition) is 5. The Morgan fingerprint density at radius 3 is 2.93 bits per heavy atom. The van der Waals surface area contributed by atoms with E-state index in [1.54, 1.807) is 11.8 Å². The van der Waals surface area contributed by atoms with E-state index in [-0.39, 0.29) is 24.1 Å². The highest BCUT2D eigenvalue weighted by atomic mass is 32.2. The first-order valence-corrected chi connectivity index (χ1v) is 7.83. The third-order valence-corrected chi connectivity index (χ3v) is 4.41. The number of carbonyl (C=O) groups is 1. The molecule has 1 saturated heterocycles. The Balaban J connectivity index is 2.01. The lowest BCUT2D eigenvalue weighted by Crippen LogP contribution is -2.31. The molecule has 0 saturated carbocycles. The summed E-state index contributed by atoms with van der Waals surface area (Å²) in [6, 6.07) is 0. The fourth-order valence-electron chi connectivity index (χ4n) is 1.59. The number of sulfone groups is 1. The van der Waals surface area contributed by atoms with E-state index in [0.717, 1.165) is 23.5 Å². The van der Waals surface area contributed by atoms with Crippen molar-refractivity contribution in [2.24, 2.45) is 11.0 Å². The number of amides is 1. The van der Waals surface area contributed by atoms with E-state index in [1.165, 1.54) is 5.01 Å². The van der Waals surface area contributed by atoms with Crippen molar-refractivity contribution in [1.82, 2.24) is 5.01 Å². The highest BCUT2D eigenvalue weighted by Crippen LogP contribution is 2.28. The van der Waals surface area contributed by atoms with E-state index < -0.39 is 9.84 Å². The van der Waals surface area contributed by atoms with Crippen LogP contribution >= 0.6 is 11.8 Å². The maximum Gasteiger partial charge on any atom is 0.252 e. The predicted octanol–water partition coefficient (Wildman–Crippen LogP) is -0.408. The molecule has 1 unspecified atom stereocenters. The fourth-order valence-corrected chi connectivity index (χ4v) is 3.25. The van der Waals surface area contributed by atoms with Gasteiger partial charge in [0.1, 0.15) is 9.84 Å². The molecule has 0 radical (unpaired) electrons. The van der Waals surface area contributed by atoms with Gasteiger partial charge in [-0.15, -0.1) is 0 Å². The van der Waals surface area contributed by atoms with Gasteiger partial charge in [0.15, 0.2) is 0 Å². The van der Waals surface area contributed by atoms with Crippen molar-refractivity contribution >= 4 is 33.2 Å². The zero-order valence-electron chi connectivity index (χ0n) is 8.34. The second-order valence-corrected chi connectivity index (χ2v) is 7.04. The second-order valence-electron chi connectivity index (χ2n) is 3.75. The van der Waals surface area contributed by atoms with Crippen LogP contribution in [0, 0.1) is 5.92 Å². The van der Waals surface area contributed by atoms with Crippen molar-refractivity contribution in [3.05, 3.63) is 0 Å². The molecule has 0 N–H and O–H groups in total. The minimum Gasteiger partial charge on any atom is -0.272 e. The van der Waals surface area contributed by atoms with Crippen LogP contribution in [0.3, 0.4) is 0 Å². The van der Waals surface area contributed by atoms with Gasteiger partial charge in [0.05, 0.1) is 23.9 Å². The van der Waals surface area contributed by atoms with Crippen LogP contribution in [0.2, 0.25) is 0 Å². The number of hydrazone groups is 1. The van der Waals surface area contributed by atoms with Crippen LogP contribution in [-0.2, 0) is 14.6 Å². The zero-order chi connectivity index (χ0) is 11.1. The van der Waals surface area contributed by atoms with Crippen LogP contribution in [0.5, 0.6) is 0 Å². The predicted molar refractivity (Wildman–Crippen MR) is 59.7 cm³/mol. The Morgan fingerprint density at radius 1 is 1.60 bits per heavy atom. The van der Waals surface area contributed by atoms with Crippen molar-refractivity contribution in [3.8, 4) is 0 Å². The van der Waals surface area contributed by atoms with Gasteiger partial charge in [0.25, 0.3) is 5.91 Å². The molecular formula is C8H12N2O3S2. The highest BCUT2D eigenvalue weighted by Gasteiger charge is 2.39. The van der Waals surface area contributed by atoms with Crippen LogP contribution < -0.4 is 0 Å². The molecule has 0 aromatic rings. The quantitative estimate of drug-likeness (QED) is 0.681. The van der Waals surface area contributed by atoms with Gasteiger partial charge in [-0.25, -0.2) is 13.4 Å². The standard InChI is InChI=1S/C8H12N2O3S2/c1-15(12,13)3-2-10-8(11)6-4-14-5-7(6)9-10/h6H,2-5H2,1H3. The van der Waals surface area contributed by atoms with E-state index in [1.807, 2.05) is 0 Å². The van der Waals surface area contributed by atoms with Crippen molar-refractivity contribution in [2.75, 3.05) is 30.1 Å². The Morgan fingerprint density at radius 2 is 2.33 bits per heavy atom. The molecule has 5 nitrogen and oxygen atoms in total. The van der Waals surface area contributed by atoms with Gasteiger partial charge in [-0.3, -0.25) is 4.79 Å². The summed E-state index contributed by atoms with van der Waals surface area (Å²) in [5, 5.41) is 5.46. The molecule has 2 rings (SSSR count). The summed E-state index contributed by atoms with van der Waals surface area (Å²) in [6.07, 6.45) is 1.16. The van der Waals surface area contributed by atoms with Crippen molar-refractivity contribution in [3.63, 3.8) is 0 Å². The maximum absolute atomic E-state index is 11.7.